The molecule has 1 heterocycles. The van der Waals surface area contributed by atoms with Crippen LogP contribution in [0.25, 0.3) is 11.1 Å². The molecule has 1 aliphatic carbocycles. The van der Waals surface area contributed by atoms with Gasteiger partial charge in [-0.25, -0.2) is 4.79 Å². The SMILES string of the molecule is O=C(O)CCC(Cc1occc1Br)NC(=O)OCC1c2ccccc2-c2ccccc21. The highest BCUT2D eigenvalue weighted by molar-refractivity contribution is 9.10. The van der Waals surface area contributed by atoms with Gasteiger partial charge in [0.2, 0.25) is 0 Å². The van der Waals surface area contributed by atoms with E-state index >= 15 is 0 Å². The number of carbonyl (C=O) groups excluding carboxylic acids is 1. The van der Waals surface area contributed by atoms with Crippen molar-refractivity contribution < 1.29 is 23.8 Å². The molecule has 3 aromatic rings. The summed E-state index contributed by atoms with van der Waals surface area (Å²) in [7, 11) is 0. The molecule has 1 aliphatic rings. The number of carboxylic acids is 1. The Morgan fingerprint density at radius 1 is 1.06 bits per heavy atom. The molecule has 0 saturated heterocycles. The third-order valence-corrected chi connectivity index (χ3v) is 6.20. The van der Waals surface area contributed by atoms with Crippen molar-refractivity contribution in [3.8, 4) is 11.1 Å². The summed E-state index contributed by atoms with van der Waals surface area (Å²) in [5.74, 6) is -0.304. The summed E-state index contributed by atoms with van der Waals surface area (Å²) < 4.78 is 11.8. The molecular formula is C24H22BrNO5. The van der Waals surface area contributed by atoms with Crippen LogP contribution in [0.5, 0.6) is 0 Å². The lowest BCUT2D eigenvalue weighted by Crippen LogP contribution is -2.37. The smallest absolute Gasteiger partial charge is 0.407 e. The first kappa shape index (κ1) is 21.2. The molecule has 160 valence electrons. The summed E-state index contributed by atoms with van der Waals surface area (Å²) in [5, 5.41) is 11.8. The van der Waals surface area contributed by atoms with Crippen molar-refractivity contribution in [3.63, 3.8) is 0 Å². The van der Waals surface area contributed by atoms with E-state index in [1.807, 2.05) is 24.3 Å². The first-order valence-corrected chi connectivity index (χ1v) is 10.9. The van der Waals surface area contributed by atoms with Crippen molar-refractivity contribution in [2.45, 2.75) is 31.2 Å². The number of nitrogens with one attached hydrogen (secondary N) is 1. The molecule has 1 amide bonds. The number of carbonyl (C=O) groups is 2. The molecule has 0 spiro atoms. The average molecular weight is 484 g/mol. The molecule has 0 aliphatic heterocycles. The van der Waals surface area contributed by atoms with Gasteiger partial charge in [0, 0.05) is 24.8 Å². The zero-order valence-corrected chi connectivity index (χ0v) is 18.3. The monoisotopic (exact) mass is 483 g/mol. The van der Waals surface area contributed by atoms with Crippen molar-refractivity contribution in [3.05, 3.63) is 82.2 Å². The normalized spacial score (nSPS) is 13.3. The Balaban J connectivity index is 1.42. The number of aliphatic carboxylic acids is 1. The van der Waals surface area contributed by atoms with E-state index in [4.69, 9.17) is 14.3 Å². The maximum absolute atomic E-state index is 12.6. The number of fused-ring (bicyclic) bond motifs is 3. The number of furan rings is 1. The lowest BCUT2D eigenvalue weighted by molar-refractivity contribution is -0.137. The molecule has 0 saturated carbocycles. The molecule has 0 bridgehead atoms. The third kappa shape index (κ3) is 4.82. The van der Waals surface area contributed by atoms with Gasteiger partial charge in [0.15, 0.2) is 0 Å². The van der Waals surface area contributed by atoms with Crippen molar-refractivity contribution in [2.75, 3.05) is 6.61 Å². The van der Waals surface area contributed by atoms with Gasteiger partial charge in [0.05, 0.1) is 10.7 Å². The number of hydrogen-bond acceptors (Lipinski definition) is 4. The predicted octanol–water partition coefficient (Wildman–Crippen LogP) is 5.36. The van der Waals surface area contributed by atoms with E-state index in [0.717, 1.165) is 26.7 Å². The van der Waals surface area contributed by atoms with E-state index < -0.39 is 18.1 Å². The minimum atomic E-state index is -0.919. The summed E-state index contributed by atoms with van der Waals surface area (Å²) in [6.45, 7) is 0.204. The highest BCUT2D eigenvalue weighted by atomic mass is 79.9. The van der Waals surface area contributed by atoms with Crippen molar-refractivity contribution >= 4 is 28.0 Å². The second-order valence-electron chi connectivity index (χ2n) is 7.50. The van der Waals surface area contributed by atoms with Crippen LogP contribution in [0.15, 0.2) is 69.8 Å². The van der Waals surface area contributed by atoms with Crippen LogP contribution in [0, 0.1) is 0 Å². The van der Waals surface area contributed by atoms with Crippen molar-refractivity contribution in [1.82, 2.24) is 5.32 Å². The van der Waals surface area contributed by atoms with Crippen LogP contribution in [0.2, 0.25) is 0 Å². The second-order valence-corrected chi connectivity index (χ2v) is 8.35. The molecule has 2 aromatic carbocycles. The molecule has 6 nitrogen and oxygen atoms in total. The predicted molar refractivity (Wildman–Crippen MR) is 119 cm³/mol. The van der Waals surface area contributed by atoms with Crippen LogP contribution in [0.4, 0.5) is 4.79 Å². The van der Waals surface area contributed by atoms with Crippen LogP contribution in [-0.2, 0) is 16.0 Å². The fourth-order valence-electron chi connectivity index (χ4n) is 4.02. The van der Waals surface area contributed by atoms with Gasteiger partial charge in [-0.05, 0) is 50.7 Å². The Labute approximate surface area is 188 Å². The van der Waals surface area contributed by atoms with Crippen LogP contribution < -0.4 is 5.32 Å². The maximum atomic E-state index is 12.6. The Morgan fingerprint density at radius 2 is 1.71 bits per heavy atom. The second kappa shape index (κ2) is 9.39. The summed E-state index contributed by atoms with van der Waals surface area (Å²) in [5.41, 5.74) is 4.60. The Kier molecular flexibility index (Phi) is 6.42. The van der Waals surface area contributed by atoms with Gasteiger partial charge in [0.25, 0.3) is 0 Å². The maximum Gasteiger partial charge on any atom is 0.407 e. The molecule has 1 atom stereocenters. The van der Waals surface area contributed by atoms with Crippen LogP contribution in [-0.4, -0.2) is 29.8 Å². The van der Waals surface area contributed by atoms with Gasteiger partial charge < -0.3 is 19.6 Å². The van der Waals surface area contributed by atoms with Crippen molar-refractivity contribution in [2.24, 2.45) is 0 Å². The zero-order valence-electron chi connectivity index (χ0n) is 16.7. The van der Waals surface area contributed by atoms with E-state index in [2.05, 4.69) is 45.5 Å². The first-order chi connectivity index (χ1) is 15.0. The van der Waals surface area contributed by atoms with E-state index in [0.29, 0.717) is 12.2 Å². The number of halogens is 1. The van der Waals surface area contributed by atoms with E-state index in [1.165, 1.54) is 0 Å². The third-order valence-electron chi connectivity index (χ3n) is 5.50. The largest absolute Gasteiger partial charge is 0.481 e. The number of alkyl carbamates (subject to hydrolysis) is 1. The number of rotatable bonds is 8. The van der Waals surface area contributed by atoms with Crippen LogP contribution in [0.1, 0.15) is 35.6 Å². The number of ether oxygens (including phenoxy) is 1. The van der Waals surface area contributed by atoms with Crippen LogP contribution in [0.3, 0.4) is 0 Å². The molecule has 4 rings (SSSR count). The van der Waals surface area contributed by atoms with Gasteiger partial charge in [0.1, 0.15) is 12.4 Å². The molecule has 1 unspecified atom stereocenters. The Bertz CT molecular complexity index is 1050. The standard InChI is InChI=1S/C24H22BrNO5/c25-21-11-12-30-22(21)13-15(9-10-23(27)28)26-24(29)31-14-20-18-7-3-1-5-16(18)17-6-2-4-8-19(17)20/h1-8,11-12,15,20H,9-10,13-14H2,(H,26,29)(H,27,28). The molecule has 2 N–H and O–H groups in total. The highest BCUT2D eigenvalue weighted by Crippen LogP contribution is 2.44. The lowest BCUT2D eigenvalue weighted by atomic mass is 9.98. The fourth-order valence-corrected chi connectivity index (χ4v) is 4.39. The Hall–Kier alpha value is -3.06. The molecule has 1 aromatic heterocycles. The van der Waals surface area contributed by atoms with Gasteiger partial charge >= 0.3 is 12.1 Å². The van der Waals surface area contributed by atoms with Crippen LogP contribution >= 0.6 is 15.9 Å². The molecular weight excluding hydrogens is 462 g/mol. The zero-order chi connectivity index (χ0) is 21.8. The topological polar surface area (TPSA) is 88.8 Å². The average Bonchev–Trinajstić information content (AvgIpc) is 3.31. The number of amides is 1. The molecule has 7 heteroatoms. The minimum absolute atomic E-state index is 0.0326. The molecule has 0 radical (unpaired) electrons. The van der Waals surface area contributed by atoms with Gasteiger partial charge in [-0.3, -0.25) is 4.79 Å². The van der Waals surface area contributed by atoms with Gasteiger partial charge in [-0.15, -0.1) is 0 Å². The van der Waals surface area contributed by atoms with Crippen molar-refractivity contribution in [1.29, 1.82) is 0 Å². The number of hydrogen-bond donors (Lipinski definition) is 2. The Morgan fingerprint density at radius 3 is 2.29 bits per heavy atom. The van der Waals surface area contributed by atoms with E-state index in [1.54, 1.807) is 12.3 Å². The minimum Gasteiger partial charge on any atom is -0.481 e. The van der Waals surface area contributed by atoms with E-state index in [9.17, 15) is 9.59 Å². The summed E-state index contributed by atoms with van der Waals surface area (Å²) >= 11 is 3.39. The highest BCUT2D eigenvalue weighted by Gasteiger charge is 2.29. The molecule has 0 fully saturated rings. The summed E-state index contributed by atoms with van der Waals surface area (Å²) in [6, 6.07) is 17.6. The quantitative estimate of drug-likeness (QED) is 0.450. The van der Waals surface area contributed by atoms with Gasteiger partial charge in [-0.2, -0.15) is 0 Å². The number of benzene rings is 2. The number of carboxylic acid groups (broad SMARTS) is 1. The first-order valence-electron chi connectivity index (χ1n) is 10.1. The summed E-state index contributed by atoms with van der Waals surface area (Å²) in [6.07, 6.45) is 1.55. The molecule has 31 heavy (non-hydrogen) atoms. The van der Waals surface area contributed by atoms with Gasteiger partial charge in [-0.1, -0.05) is 48.5 Å². The lowest BCUT2D eigenvalue weighted by Gasteiger charge is -2.19. The summed E-state index contributed by atoms with van der Waals surface area (Å²) in [4.78, 5) is 23.6. The van der Waals surface area contributed by atoms with E-state index in [-0.39, 0.29) is 25.4 Å². The fraction of sp³-hybridized carbons (Fsp3) is 0.250.